The third-order valence-electron chi connectivity index (χ3n) is 3.85. The molecule has 1 N–H and O–H groups in total. The number of anilines is 1. The van der Waals surface area contributed by atoms with Gasteiger partial charge in [-0.25, -0.2) is 9.37 Å². The standard InChI is InChI=1S/C20H19FN2OS/c1-13(2)14-3-5-15(6-4-14)20-23-18(12-25-20)11-19(24)22-17-9-7-16(21)8-10-17/h3-10,12-13H,11H2,1-2H3,(H,22,24). The second-order valence-corrected chi connectivity index (χ2v) is 7.01. The van der Waals surface area contributed by atoms with Gasteiger partial charge in [0.25, 0.3) is 0 Å². The van der Waals surface area contributed by atoms with Gasteiger partial charge in [0.15, 0.2) is 0 Å². The Hall–Kier alpha value is -2.53. The quantitative estimate of drug-likeness (QED) is 0.679. The number of thiazole rings is 1. The fourth-order valence-corrected chi connectivity index (χ4v) is 3.26. The largest absolute Gasteiger partial charge is 0.326 e. The Bertz CT molecular complexity index is 854. The van der Waals surface area contributed by atoms with E-state index in [4.69, 9.17) is 0 Å². The first-order valence-corrected chi connectivity index (χ1v) is 8.99. The van der Waals surface area contributed by atoms with E-state index in [0.717, 1.165) is 16.3 Å². The first-order chi connectivity index (χ1) is 12.0. The maximum Gasteiger partial charge on any atom is 0.230 e. The van der Waals surface area contributed by atoms with E-state index in [1.54, 1.807) is 0 Å². The zero-order valence-electron chi connectivity index (χ0n) is 14.1. The first-order valence-electron chi connectivity index (χ1n) is 8.11. The number of aromatic nitrogens is 1. The molecule has 3 rings (SSSR count). The van der Waals surface area contributed by atoms with Gasteiger partial charge in [-0.05, 0) is 35.7 Å². The third kappa shape index (κ3) is 4.51. The summed E-state index contributed by atoms with van der Waals surface area (Å²) in [6.45, 7) is 4.33. The molecule has 5 heteroatoms. The number of nitrogens with one attached hydrogen (secondary N) is 1. The molecule has 0 spiro atoms. The molecule has 0 saturated heterocycles. The van der Waals surface area contributed by atoms with Crippen molar-refractivity contribution in [2.45, 2.75) is 26.2 Å². The molecule has 0 bridgehead atoms. The fourth-order valence-electron chi connectivity index (χ4n) is 2.43. The second-order valence-electron chi connectivity index (χ2n) is 6.15. The van der Waals surface area contributed by atoms with Gasteiger partial charge in [-0.15, -0.1) is 11.3 Å². The van der Waals surface area contributed by atoms with Crippen molar-refractivity contribution in [3.8, 4) is 10.6 Å². The molecule has 25 heavy (non-hydrogen) atoms. The highest BCUT2D eigenvalue weighted by molar-refractivity contribution is 7.13. The van der Waals surface area contributed by atoms with Crippen LogP contribution in [-0.4, -0.2) is 10.9 Å². The van der Waals surface area contributed by atoms with Crippen LogP contribution in [0.1, 0.15) is 31.0 Å². The number of nitrogens with zero attached hydrogens (tertiary/aromatic N) is 1. The molecule has 3 aromatic rings. The van der Waals surface area contributed by atoms with Crippen molar-refractivity contribution in [1.29, 1.82) is 0 Å². The van der Waals surface area contributed by atoms with Crippen molar-refractivity contribution in [3.63, 3.8) is 0 Å². The maximum atomic E-state index is 12.9. The molecule has 1 heterocycles. The predicted octanol–water partition coefficient (Wildman–Crippen LogP) is 5.25. The van der Waals surface area contributed by atoms with E-state index >= 15 is 0 Å². The lowest BCUT2D eigenvalue weighted by molar-refractivity contribution is -0.115. The topological polar surface area (TPSA) is 42.0 Å². The van der Waals surface area contributed by atoms with Crippen molar-refractivity contribution < 1.29 is 9.18 Å². The van der Waals surface area contributed by atoms with Crippen LogP contribution in [0.4, 0.5) is 10.1 Å². The molecule has 0 atom stereocenters. The molecule has 0 fully saturated rings. The summed E-state index contributed by atoms with van der Waals surface area (Å²) in [4.78, 5) is 16.6. The maximum absolute atomic E-state index is 12.9. The van der Waals surface area contributed by atoms with Gasteiger partial charge >= 0.3 is 0 Å². The highest BCUT2D eigenvalue weighted by atomic mass is 32.1. The van der Waals surface area contributed by atoms with E-state index < -0.39 is 0 Å². The number of hydrogen-bond donors (Lipinski definition) is 1. The van der Waals surface area contributed by atoms with Crippen LogP contribution in [0.15, 0.2) is 53.9 Å². The SMILES string of the molecule is CC(C)c1ccc(-c2nc(CC(=O)Nc3ccc(F)cc3)cs2)cc1. The van der Waals surface area contributed by atoms with E-state index in [9.17, 15) is 9.18 Å². The van der Waals surface area contributed by atoms with Crippen molar-refractivity contribution >= 4 is 22.9 Å². The van der Waals surface area contributed by atoms with Gasteiger partial charge in [-0.1, -0.05) is 38.1 Å². The molecule has 0 aliphatic rings. The van der Waals surface area contributed by atoms with Crippen molar-refractivity contribution in [1.82, 2.24) is 4.98 Å². The molecule has 0 unspecified atom stereocenters. The van der Waals surface area contributed by atoms with Crippen LogP contribution in [0.5, 0.6) is 0 Å². The molecule has 0 saturated carbocycles. The average molecular weight is 354 g/mol. The van der Waals surface area contributed by atoms with E-state index in [0.29, 0.717) is 11.6 Å². The number of hydrogen-bond acceptors (Lipinski definition) is 3. The zero-order valence-corrected chi connectivity index (χ0v) is 14.9. The highest BCUT2D eigenvalue weighted by Crippen LogP contribution is 2.26. The van der Waals surface area contributed by atoms with Gasteiger partial charge in [-0.3, -0.25) is 4.79 Å². The third-order valence-corrected chi connectivity index (χ3v) is 4.79. The minimum absolute atomic E-state index is 0.168. The van der Waals surface area contributed by atoms with Crippen LogP contribution < -0.4 is 5.32 Å². The van der Waals surface area contributed by atoms with E-state index in [1.807, 2.05) is 5.38 Å². The summed E-state index contributed by atoms with van der Waals surface area (Å²) >= 11 is 1.53. The molecule has 0 radical (unpaired) electrons. The van der Waals surface area contributed by atoms with E-state index in [-0.39, 0.29) is 18.1 Å². The van der Waals surface area contributed by atoms with Crippen LogP contribution in [0.2, 0.25) is 0 Å². The number of amides is 1. The highest BCUT2D eigenvalue weighted by Gasteiger charge is 2.10. The lowest BCUT2D eigenvalue weighted by Gasteiger charge is -2.05. The lowest BCUT2D eigenvalue weighted by Crippen LogP contribution is -2.14. The Balaban J connectivity index is 1.64. The molecular formula is C20H19FN2OS. The van der Waals surface area contributed by atoms with Gasteiger partial charge in [0.2, 0.25) is 5.91 Å². The molecule has 128 valence electrons. The number of halogens is 1. The summed E-state index contributed by atoms with van der Waals surface area (Å²) in [5.74, 6) is 0.000282. The summed E-state index contributed by atoms with van der Waals surface area (Å²) < 4.78 is 12.9. The molecule has 0 aliphatic carbocycles. The summed E-state index contributed by atoms with van der Waals surface area (Å²) in [5, 5.41) is 5.55. The summed E-state index contributed by atoms with van der Waals surface area (Å²) in [6.07, 6.45) is 0.192. The number of rotatable bonds is 5. The predicted molar refractivity (Wildman–Crippen MR) is 100 cm³/mol. The van der Waals surface area contributed by atoms with Crippen molar-refractivity contribution in [3.05, 3.63) is 71.0 Å². The first kappa shape index (κ1) is 17.3. The average Bonchev–Trinajstić information content (AvgIpc) is 3.05. The van der Waals surface area contributed by atoms with Gasteiger partial charge in [0, 0.05) is 16.6 Å². The smallest absolute Gasteiger partial charge is 0.230 e. The lowest BCUT2D eigenvalue weighted by atomic mass is 10.0. The molecule has 1 amide bonds. The van der Waals surface area contributed by atoms with Crippen molar-refractivity contribution in [2.24, 2.45) is 0 Å². The van der Waals surface area contributed by atoms with Gasteiger partial charge in [-0.2, -0.15) is 0 Å². The number of carbonyl (C=O) groups is 1. The fraction of sp³-hybridized carbons (Fsp3) is 0.200. The van der Waals surface area contributed by atoms with Gasteiger partial charge in [0.05, 0.1) is 12.1 Å². The minimum Gasteiger partial charge on any atom is -0.326 e. The molecule has 0 aliphatic heterocycles. The normalized spacial score (nSPS) is 10.9. The number of benzene rings is 2. The molecule has 2 aromatic carbocycles. The van der Waals surface area contributed by atoms with Crippen LogP contribution in [-0.2, 0) is 11.2 Å². The van der Waals surface area contributed by atoms with Crippen LogP contribution in [0, 0.1) is 5.82 Å². The second kappa shape index (κ2) is 7.57. The van der Waals surface area contributed by atoms with E-state index in [2.05, 4.69) is 48.4 Å². The van der Waals surface area contributed by atoms with Gasteiger partial charge < -0.3 is 5.32 Å². The van der Waals surface area contributed by atoms with Crippen molar-refractivity contribution in [2.75, 3.05) is 5.32 Å². The molecular weight excluding hydrogens is 335 g/mol. The Morgan fingerprint density at radius 1 is 1.12 bits per heavy atom. The summed E-state index contributed by atoms with van der Waals surface area (Å²) in [5.41, 5.74) is 3.65. The van der Waals surface area contributed by atoms with Crippen LogP contribution in [0.3, 0.4) is 0 Å². The monoisotopic (exact) mass is 354 g/mol. The zero-order chi connectivity index (χ0) is 17.8. The Morgan fingerprint density at radius 2 is 1.80 bits per heavy atom. The Labute approximate surface area is 150 Å². The van der Waals surface area contributed by atoms with E-state index in [1.165, 1.54) is 41.2 Å². The van der Waals surface area contributed by atoms with Crippen LogP contribution in [0.25, 0.3) is 10.6 Å². The van der Waals surface area contributed by atoms with Gasteiger partial charge in [0.1, 0.15) is 10.8 Å². The minimum atomic E-state index is -0.328. The molecule has 3 nitrogen and oxygen atoms in total. The Kier molecular flexibility index (Phi) is 5.24. The summed E-state index contributed by atoms with van der Waals surface area (Å²) in [6, 6.07) is 14.1. The molecule has 1 aromatic heterocycles. The van der Waals surface area contributed by atoms with Crippen LogP contribution >= 0.6 is 11.3 Å². The Morgan fingerprint density at radius 3 is 2.44 bits per heavy atom. The summed E-state index contributed by atoms with van der Waals surface area (Å²) in [7, 11) is 0. The number of carbonyl (C=O) groups excluding carboxylic acids is 1.